The van der Waals surface area contributed by atoms with Gasteiger partial charge in [0.2, 0.25) is 0 Å². The minimum atomic E-state index is -1.33. The Morgan fingerprint density at radius 3 is 2.74 bits per heavy atom. The van der Waals surface area contributed by atoms with Crippen LogP contribution >= 0.6 is 0 Å². The Bertz CT molecular complexity index is 631. The van der Waals surface area contributed by atoms with E-state index in [0.717, 1.165) is 0 Å². The Morgan fingerprint density at radius 1 is 1.37 bits per heavy atom. The molecule has 1 spiro atoms. The number of aromatic hydroxyl groups is 1. The number of ether oxygens (including phenoxy) is 1. The van der Waals surface area contributed by atoms with Crippen LogP contribution in [-0.4, -0.2) is 27.6 Å². The number of ketones is 1. The molecule has 2 atom stereocenters. The van der Waals surface area contributed by atoms with Crippen molar-refractivity contribution in [1.29, 1.82) is 0 Å². The number of aliphatic hydroxyl groups excluding tert-OH is 1. The van der Waals surface area contributed by atoms with Crippen molar-refractivity contribution >= 4 is 11.8 Å². The molecule has 0 fully saturated rings. The monoisotopic (exact) mass is 260 g/mol. The van der Waals surface area contributed by atoms with Gasteiger partial charge in [-0.25, -0.2) is 4.79 Å². The molecule has 0 saturated heterocycles. The average Bonchev–Trinajstić information content (AvgIpc) is 2.62. The van der Waals surface area contributed by atoms with Gasteiger partial charge in [0, 0.05) is 5.57 Å². The highest BCUT2D eigenvalue weighted by molar-refractivity contribution is 6.03. The molecule has 19 heavy (non-hydrogen) atoms. The highest BCUT2D eigenvalue weighted by atomic mass is 16.6. The van der Waals surface area contributed by atoms with Gasteiger partial charge in [-0.05, 0) is 24.6 Å². The maximum Gasteiger partial charge on any atom is 0.334 e. The molecule has 1 heterocycles. The van der Waals surface area contributed by atoms with E-state index in [2.05, 4.69) is 0 Å². The standard InChI is InChI=1S/C14H12O5/c1-7-5-14(19-13(7)18)6-10(16)11-8(12(14)17)3-2-4-9(11)15/h2-5,12,15,17H,6H2,1H3. The summed E-state index contributed by atoms with van der Waals surface area (Å²) in [6.45, 7) is 1.58. The lowest BCUT2D eigenvalue weighted by Gasteiger charge is -2.36. The molecule has 0 saturated carbocycles. The average molecular weight is 260 g/mol. The number of hydrogen-bond acceptors (Lipinski definition) is 5. The molecule has 0 amide bonds. The van der Waals surface area contributed by atoms with Gasteiger partial charge in [-0.1, -0.05) is 12.1 Å². The molecular weight excluding hydrogens is 248 g/mol. The number of fused-ring (bicyclic) bond motifs is 1. The van der Waals surface area contributed by atoms with E-state index < -0.39 is 17.7 Å². The summed E-state index contributed by atoms with van der Waals surface area (Å²) in [7, 11) is 0. The van der Waals surface area contributed by atoms with Crippen molar-refractivity contribution in [2.45, 2.75) is 25.0 Å². The molecule has 1 aliphatic carbocycles. The maximum atomic E-state index is 12.1. The fraction of sp³-hybridized carbons (Fsp3) is 0.286. The number of phenols is 1. The molecule has 5 nitrogen and oxygen atoms in total. The number of carbonyl (C=O) groups is 2. The minimum Gasteiger partial charge on any atom is -0.507 e. The number of benzene rings is 1. The first-order valence-corrected chi connectivity index (χ1v) is 5.90. The van der Waals surface area contributed by atoms with E-state index in [1.54, 1.807) is 13.0 Å². The molecule has 5 heteroatoms. The van der Waals surface area contributed by atoms with Crippen molar-refractivity contribution < 1.29 is 24.5 Å². The molecule has 2 unspecified atom stereocenters. The molecule has 0 aromatic heterocycles. The summed E-state index contributed by atoms with van der Waals surface area (Å²) in [4.78, 5) is 23.7. The maximum absolute atomic E-state index is 12.1. The molecule has 0 bridgehead atoms. The summed E-state index contributed by atoms with van der Waals surface area (Å²) in [5, 5.41) is 20.1. The third-order valence-corrected chi connectivity index (χ3v) is 3.61. The quantitative estimate of drug-likeness (QED) is 0.686. The van der Waals surface area contributed by atoms with Crippen LogP contribution in [0.1, 0.15) is 35.4 Å². The second-order valence-corrected chi connectivity index (χ2v) is 4.92. The van der Waals surface area contributed by atoms with Gasteiger partial charge in [0.1, 0.15) is 11.9 Å². The van der Waals surface area contributed by atoms with Gasteiger partial charge in [0.15, 0.2) is 11.4 Å². The number of esters is 1. The van der Waals surface area contributed by atoms with Crippen molar-refractivity contribution in [3.05, 3.63) is 41.0 Å². The number of rotatable bonds is 0. The van der Waals surface area contributed by atoms with E-state index >= 15 is 0 Å². The van der Waals surface area contributed by atoms with Gasteiger partial charge >= 0.3 is 5.97 Å². The van der Waals surface area contributed by atoms with Crippen LogP contribution in [0, 0.1) is 0 Å². The number of hydrogen-bond donors (Lipinski definition) is 2. The molecule has 0 radical (unpaired) electrons. The van der Waals surface area contributed by atoms with Crippen molar-refractivity contribution in [3.63, 3.8) is 0 Å². The smallest absolute Gasteiger partial charge is 0.334 e. The van der Waals surface area contributed by atoms with E-state index in [1.807, 2.05) is 0 Å². The van der Waals surface area contributed by atoms with Crippen LogP contribution in [0.2, 0.25) is 0 Å². The zero-order valence-electron chi connectivity index (χ0n) is 10.2. The van der Waals surface area contributed by atoms with Crippen LogP contribution in [0.25, 0.3) is 0 Å². The second kappa shape index (κ2) is 3.68. The zero-order valence-corrected chi connectivity index (χ0v) is 10.2. The fourth-order valence-corrected chi connectivity index (χ4v) is 2.72. The highest BCUT2D eigenvalue weighted by Gasteiger charge is 2.51. The summed E-state index contributed by atoms with van der Waals surface area (Å²) in [6.07, 6.45) is 0.167. The molecular formula is C14H12O5. The van der Waals surface area contributed by atoms with E-state index in [9.17, 15) is 19.8 Å². The Morgan fingerprint density at radius 2 is 2.11 bits per heavy atom. The van der Waals surface area contributed by atoms with Crippen molar-refractivity contribution in [3.8, 4) is 5.75 Å². The highest BCUT2D eigenvalue weighted by Crippen LogP contribution is 2.46. The van der Waals surface area contributed by atoms with Crippen LogP contribution in [0.5, 0.6) is 5.75 Å². The first-order chi connectivity index (χ1) is 8.94. The Balaban J connectivity index is 2.17. The van der Waals surface area contributed by atoms with Crippen molar-refractivity contribution in [2.24, 2.45) is 0 Å². The van der Waals surface area contributed by atoms with Crippen LogP contribution in [0.3, 0.4) is 0 Å². The Labute approximate surface area is 109 Å². The lowest BCUT2D eigenvalue weighted by atomic mass is 9.77. The summed E-state index contributed by atoms with van der Waals surface area (Å²) >= 11 is 0. The summed E-state index contributed by atoms with van der Waals surface area (Å²) in [6, 6.07) is 4.48. The van der Waals surface area contributed by atoms with Gasteiger partial charge < -0.3 is 14.9 Å². The minimum absolute atomic E-state index is 0.106. The van der Waals surface area contributed by atoms with Crippen LogP contribution in [0.4, 0.5) is 0 Å². The Kier molecular flexibility index (Phi) is 2.31. The molecule has 1 aromatic rings. The number of carbonyl (C=O) groups excluding carboxylic acids is 2. The van der Waals surface area contributed by atoms with E-state index in [1.165, 1.54) is 18.2 Å². The Hall–Kier alpha value is -2.14. The fourth-order valence-electron chi connectivity index (χ4n) is 2.72. The lowest BCUT2D eigenvalue weighted by Crippen LogP contribution is -2.42. The van der Waals surface area contributed by atoms with Crippen LogP contribution in [-0.2, 0) is 9.53 Å². The topological polar surface area (TPSA) is 83.8 Å². The van der Waals surface area contributed by atoms with Crippen LogP contribution in [0.15, 0.2) is 29.8 Å². The summed E-state index contributed by atoms with van der Waals surface area (Å²) < 4.78 is 5.20. The number of Topliss-reactive ketones (excluding diaryl/α,β-unsaturated/α-hetero) is 1. The van der Waals surface area contributed by atoms with E-state index in [4.69, 9.17) is 4.74 Å². The van der Waals surface area contributed by atoms with Gasteiger partial charge in [0.25, 0.3) is 0 Å². The second-order valence-electron chi connectivity index (χ2n) is 4.92. The largest absolute Gasteiger partial charge is 0.507 e. The van der Waals surface area contributed by atoms with Crippen molar-refractivity contribution in [1.82, 2.24) is 0 Å². The normalized spacial score (nSPS) is 29.2. The zero-order chi connectivity index (χ0) is 13.8. The van der Waals surface area contributed by atoms with E-state index in [-0.39, 0.29) is 29.1 Å². The molecule has 2 N–H and O–H groups in total. The van der Waals surface area contributed by atoms with Crippen molar-refractivity contribution in [2.75, 3.05) is 0 Å². The lowest BCUT2D eigenvalue weighted by molar-refractivity contribution is -0.156. The number of aliphatic hydroxyl groups is 1. The molecule has 3 rings (SSSR count). The summed E-state index contributed by atoms with van der Waals surface area (Å²) in [5.41, 5.74) is -0.570. The molecule has 1 aromatic carbocycles. The third kappa shape index (κ3) is 1.51. The predicted molar refractivity (Wildman–Crippen MR) is 64.6 cm³/mol. The molecule has 1 aliphatic heterocycles. The van der Waals surface area contributed by atoms with E-state index in [0.29, 0.717) is 5.57 Å². The molecule has 98 valence electrons. The summed E-state index contributed by atoms with van der Waals surface area (Å²) in [5.74, 6) is -1.05. The van der Waals surface area contributed by atoms with Gasteiger partial charge in [-0.15, -0.1) is 0 Å². The van der Waals surface area contributed by atoms with Crippen LogP contribution < -0.4 is 0 Å². The first-order valence-electron chi connectivity index (χ1n) is 5.90. The first kappa shape index (κ1) is 11.9. The predicted octanol–water partition coefficient (Wildman–Crippen LogP) is 1.25. The van der Waals surface area contributed by atoms with Gasteiger partial charge in [0.05, 0.1) is 12.0 Å². The van der Waals surface area contributed by atoms with Gasteiger partial charge in [-0.2, -0.15) is 0 Å². The van der Waals surface area contributed by atoms with Gasteiger partial charge in [-0.3, -0.25) is 4.79 Å². The molecule has 2 aliphatic rings. The SMILES string of the molecule is CC1=CC2(CC(=O)c3c(O)cccc3C2O)OC1=O. The number of phenolic OH excluding ortho intramolecular Hbond substituents is 1. The third-order valence-electron chi connectivity index (χ3n) is 3.61.